The number of benzene rings is 1. The summed E-state index contributed by atoms with van der Waals surface area (Å²) in [6, 6.07) is 17.3. The highest BCUT2D eigenvalue weighted by Crippen LogP contribution is 2.14. The lowest BCUT2D eigenvalue weighted by atomic mass is 10.1. The first kappa shape index (κ1) is 17.9. The zero-order valence-electron chi connectivity index (χ0n) is 15.0. The molecule has 3 rings (SSSR count). The molecule has 1 aliphatic heterocycles. The summed E-state index contributed by atoms with van der Waals surface area (Å²) < 4.78 is 0. The molecular weight excluding hydrogens is 312 g/mol. The summed E-state index contributed by atoms with van der Waals surface area (Å²) in [5.74, 6) is 1.03. The third-order valence-electron chi connectivity index (χ3n) is 4.72. The van der Waals surface area contributed by atoms with Gasteiger partial charge in [0, 0.05) is 45.0 Å². The first-order chi connectivity index (χ1) is 12.3. The van der Waals surface area contributed by atoms with Crippen LogP contribution in [0.2, 0.25) is 0 Å². The minimum absolute atomic E-state index is 0.578. The quantitative estimate of drug-likeness (QED) is 0.800. The van der Waals surface area contributed by atoms with Gasteiger partial charge in [0.2, 0.25) is 0 Å². The van der Waals surface area contributed by atoms with E-state index in [0.29, 0.717) is 6.04 Å². The average molecular weight is 340 g/mol. The van der Waals surface area contributed by atoms with Crippen LogP contribution in [0.15, 0.2) is 54.7 Å². The summed E-state index contributed by atoms with van der Waals surface area (Å²) in [7, 11) is 1.75. The Morgan fingerprint density at radius 3 is 2.56 bits per heavy atom. The zero-order chi connectivity index (χ0) is 17.3. The van der Waals surface area contributed by atoms with Crippen LogP contribution >= 0.6 is 0 Å². The van der Waals surface area contributed by atoms with Crippen molar-refractivity contribution in [3.8, 4) is 0 Å². The maximum atomic E-state index is 5.30. The third-order valence-corrected chi connectivity index (χ3v) is 4.72. The number of piperidine rings is 1. The van der Waals surface area contributed by atoms with Gasteiger partial charge in [0.25, 0.3) is 0 Å². The summed E-state index contributed by atoms with van der Waals surface area (Å²) in [6.07, 6.45) is 4.13. The van der Waals surface area contributed by atoms with E-state index in [9.17, 15) is 0 Å². The monoisotopic (exact) mass is 340 g/mol. The van der Waals surface area contributed by atoms with Crippen molar-refractivity contribution < 1.29 is 4.84 Å². The lowest BCUT2D eigenvalue weighted by Crippen LogP contribution is -2.44. The van der Waals surface area contributed by atoms with Gasteiger partial charge in [0.1, 0.15) is 5.82 Å². The van der Waals surface area contributed by atoms with Crippen molar-refractivity contribution in [2.24, 2.45) is 0 Å². The van der Waals surface area contributed by atoms with Crippen molar-refractivity contribution in [3.63, 3.8) is 0 Å². The number of rotatable bonds is 8. The van der Waals surface area contributed by atoms with E-state index < -0.39 is 0 Å². The van der Waals surface area contributed by atoms with Crippen LogP contribution in [-0.4, -0.2) is 49.4 Å². The predicted octanol–water partition coefficient (Wildman–Crippen LogP) is 2.70. The van der Waals surface area contributed by atoms with Gasteiger partial charge in [-0.1, -0.05) is 36.4 Å². The van der Waals surface area contributed by atoms with Crippen molar-refractivity contribution in [3.05, 3.63) is 60.3 Å². The smallest absolute Gasteiger partial charge is 0.128 e. The molecule has 0 bridgehead atoms. The Hall–Kier alpha value is -1.95. The van der Waals surface area contributed by atoms with Crippen molar-refractivity contribution in [2.45, 2.75) is 25.4 Å². The molecule has 0 radical (unpaired) electrons. The molecule has 0 saturated carbocycles. The molecule has 1 fully saturated rings. The van der Waals surface area contributed by atoms with Crippen molar-refractivity contribution in [1.29, 1.82) is 0 Å². The van der Waals surface area contributed by atoms with Crippen LogP contribution in [0, 0.1) is 0 Å². The van der Waals surface area contributed by atoms with E-state index in [0.717, 1.165) is 51.4 Å². The molecule has 5 heteroatoms. The Bertz CT molecular complexity index is 600. The van der Waals surface area contributed by atoms with Gasteiger partial charge in [0.15, 0.2) is 0 Å². The number of hydroxylamine groups is 2. The maximum absolute atomic E-state index is 5.30. The van der Waals surface area contributed by atoms with E-state index in [1.54, 1.807) is 7.11 Å². The van der Waals surface area contributed by atoms with Gasteiger partial charge >= 0.3 is 0 Å². The molecule has 1 saturated heterocycles. The molecule has 5 nitrogen and oxygen atoms in total. The van der Waals surface area contributed by atoms with Crippen LogP contribution < -0.4 is 10.2 Å². The van der Waals surface area contributed by atoms with Crippen LogP contribution in [0.4, 0.5) is 5.82 Å². The van der Waals surface area contributed by atoms with E-state index >= 15 is 0 Å². The van der Waals surface area contributed by atoms with Crippen LogP contribution in [0.25, 0.3) is 0 Å². The minimum atomic E-state index is 0.578. The van der Waals surface area contributed by atoms with E-state index in [2.05, 4.69) is 51.6 Å². The number of nitrogens with one attached hydrogen (secondary N) is 1. The second kappa shape index (κ2) is 9.51. The van der Waals surface area contributed by atoms with Crippen molar-refractivity contribution >= 4 is 5.82 Å². The molecule has 0 atom stereocenters. The summed E-state index contributed by atoms with van der Waals surface area (Å²) >= 11 is 0. The Labute approximate surface area is 150 Å². The summed E-state index contributed by atoms with van der Waals surface area (Å²) in [5.41, 5.74) is 1.31. The molecule has 2 heterocycles. The van der Waals surface area contributed by atoms with Gasteiger partial charge < -0.3 is 15.1 Å². The molecule has 0 spiro atoms. The van der Waals surface area contributed by atoms with Gasteiger partial charge in [-0.3, -0.25) is 0 Å². The lowest BCUT2D eigenvalue weighted by molar-refractivity contribution is -0.144. The van der Waals surface area contributed by atoms with Crippen molar-refractivity contribution in [1.82, 2.24) is 15.4 Å². The third kappa shape index (κ3) is 5.53. The maximum Gasteiger partial charge on any atom is 0.128 e. The number of pyridine rings is 1. The molecule has 25 heavy (non-hydrogen) atoms. The number of hydrogen-bond donors (Lipinski definition) is 1. The van der Waals surface area contributed by atoms with E-state index in [-0.39, 0.29) is 0 Å². The highest BCUT2D eigenvalue weighted by atomic mass is 16.7. The highest BCUT2D eigenvalue weighted by Gasteiger charge is 2.18. The average Bonchev–Trinajstić information content (AvgIpc) is 2.69. The summed E-state index contributed by atoms with van der Waals surface area (Å²) in [5, 5.41) is 5.74. The molecular formula is C20H28N4O. The highest BCUT2D eigenvalue weighted by molar-refractivity contribution is 5.39. The fraction of sp³-hybridized carbons (Fsp3) is 0.450. The van der Waals surface area contributed by atoms with E-state index in [4.69, 9.17) is 4.84 Å². The van der Waals surface area contributed by atoms with Gasteiger partial charge in [-0.25, -0.2) is 4.98 Å². The van der Waals surface area contributed by atoms with Crippen LogP contribution in [-0.2, 0) is 11.4 Å². The van der Waals surface area contributed by atoms with E-state index in [1.807, 2.05) is 23.4 Å². The molecule has 0 amide bonds. The Morgan fingerprint density at radius 1 is 1.12 bits per heavy atom. The SMILES string of the molecule is CON1CCC(NCCN(Cc2ccccc2)c2ccccn2)CC1. The van der Waals surface area contributed by atoms with Gasteiger partial charge in [0.05, 0.1) is 7.11 Å². The first-order valence-corrected chi connectivity index (χ1v) is 9.07. The Kier molecular flexibility index (Phi) is 6.79. The van der Waals surface area contributed by atoms with Crippen molar-refractivity contribution in [2.75, 3.05) is 38.2 Å². The molecule has 1 aromatic carbocycles. The van der Waals surface area contributed by atoms with Crippen LogP contribution in [0.3, 0.4) is 0 Å². The lowest BCUT2D eigenvalue weighted by Gasteiger charge is -2.31. The minimum Gasteiger partial charge on any atom is -0.351 e. The second-order valence-corrected chi connectivity index (χ2v) is 6.44. The molecule has 0 aliphatic carbocycles. The topological polar surface area (TPSA) is 40.6 Å². The van der Waals surface area contributed by atoms with Crippen LogP contribution in [0.5, 0.6) is 0 Å². The fourth-order valence-corrected chi connectivity index (χ4v) is 3.27. The standard InChI is InChI=1S/C20H28N4O/c1-25-24-14-10-19(11-15-24)21-13-16-23(20-9-5-6-12-22-20)17-18-7-3-2-4-8-18/h2-9,12,19,21H,10-11,13-17H2,1H3. The predicted molar refractivity (Wildman–Crippen MR) is 101 cm³/mol. The van der Waals surface area contributed by atoms with E-state index in [1.165, 1.54) is 5.56 Å². The van der Waals surface area contributed by atoms with Gasteiger partial charge in [-0.05, 0) is 30.5 Å². The second-order valence-electron chi connectivity index (χ2n) is 6.44. The van der Waals surface area contributed by atoms with Gasteiger partial charge in [-0.2, -0.15) is 5.06 Å². The molecule has 1 aromatic heterocycles. The Balaban J connectivity index is 1.53. The Morgan fingerprint density at radius 2 is 1.88 bits per heavy atom. The number of hydrogen-bond acceptors (Lipinski definition) is 5. The fourth-order valence-electron chi connectivity index (χ4n) is 3.27. The first-order valence-electron chi connectivity index (χ1n) is 9.07. The zero-order valence-corrected chi connectivity index (χ0v) is 15.0. The molecule has 2 aromatic rings. The number of nitrogens with zero attached hydrogens (tertiary/aromatic N) is 3. The number of anilines is 1. The molecule has 0 unspecified atom stereocenters. The largest absolute Gasteiger partial charge is 0.351 e. The molecule has 134 valence electrons. The van der Waals surface area contributed by atoms with Crippen LogP contribution in [0.1, 0.15) is 18.4 Å². The normalized spacial score (nSPS) is 16.0. The molecule has 1 N–H and O–H groups in total. The summed E-state index contributed by atoms with van der Waals surface area (Å²) in [4.78, 5) is 12.2. The molecule has 1 aliphatic rings. The van der Waals surface area contributed by atoms with Gasteiger partial charge in [-0.15, -0.1) is 0 Å². The number of aromatic nitrogens is 1. The summed E-state index contributed by atoms with van der Waals surface area (Å²) in [6.45, 7) is 4.78.